The van der Waals surface area contributed by atoms with E-state index in [2.05, 4.69) is 16.0 Å². The summed E-state index contributed by atoms with van der Waals surface area (Å²) in [5, 5.41) is 8.01. The van der Waals surface area contributed by atoms with Crippen molar-refractivity contribution in [3.8, 4) is 0 Å². The SMILES string of the molecule is COCCNC1CCC(NC(=O)/C=C/c2ccc(F)cc2)(C(=O)Nc2cc(C(F)(F)F)cc(C(F)(F)F)c2)CC1. The Kier molecular flexibility index (Phi) is 9.96. The van der Waals surface area contributed by atoms with Gasteiger partial charge in [-0.3, -0.25) is 9.59 Å². The first-order valence-corrected chi connectivity index (χ1v) is 12.3. The zero-order valence-electron chi connectivity index (χ0n) is 21.4. The molecule has 0 radical (unpaired) electrons. The number of methoxy groups -OCH3 is 1. The second-order valence-corrected chi connectivity index (χ2v) is 9.43. The van der Waals surface area contributed by atoms with Crippen LogP contribution in [0.2, 0.25) is 0 Å². The third kappa shape index (κ3) is 8.52. The number of benzene rings is 2. The van der Waals surface area contributed by atoms with Gasteiger partial charge in [0.1, 0.15) is 11.4 Å². The summed E-state index contributed by atoms with van der Waals surface area (Å²) in [4.78, 5) is 26.2. The highest BCUT2D eigenvalue weighted by atomic mass is 19.4. The Hall–Kier alpha value is -3.45. The number of carbonyl (C=O) groups is 2. The molecule has 0 saturated heterocycles. The van der Waals surface area contributed by atoms with Gasteiger partial charge in [-0.15, -0.1) is 0 Å². The molecule has 3 N–H and O–H groups in total. The number of hydrogen-bond donors (Lipinski definition) is 3. The average Bonchev–Trinajstić information content (AvgIpc) is 2.88. The highest BCUT2D eigenvalue weighted by molar-refractivity contribution is 6.03. The van der Waals surface area contributed by atoms with Gasteiger partial charge in [0.25, 0.3) is 0 Å². The molecule has 2 aromatic carbocycles. The van der Waals surface area contributed by atoms with Crippen LogP contribution in [-0.2, 0) is 26.7 Å². The molecule has 3 rings (SSSR count). The summed E-state index contributed by atoms with van der Waals surface area (Å²) in [6.45, 7) is 0.960. The number of hydrogen-bond acceptors (Lipinski definition) is 4. The fraction of sp³-hybridized carbons (Fsp3) is 0.407. The van der Waals surface area contributed by atoms with Crippen molar-refractivity contribution in [2.75, 3.05) is 25.6 Å². The molecular formula is C27H28F7N3O3. The van der Waals surface area contributed by atoms with E-state index < -0.39 is 52.3 Å². The molecular weight excluding hydrogens is 547 g/mol. The molecule has 0 bridgehead atoms. The molecule has 6 nitrogen and oxygen atoms in total. The van der Waals surface area contributed by atoms with Gasteiger partial charge in [-0.05, 0) is 67.7 Å². The Morgan fingerprint density at radius 2 is 1.55 bits per heavy atom. The van der Waals surface area contributed by atoms with Gasteiger partial charge in [0.15, 0.2) is 0 Å². The third-order valence-corrected chi connectivity index (χ3v) is 6.52. The molecule has 1 aliphatic rings. The van der Waals surface area contributed by atoms with Gasteiger partial charge in [0.05, 0.1) is 17.7 Å². The molecule has 0 aliphatic heterocycles. The molecule has 0 heterocycles. The predicted molar refractivity (Wildman–Crippen MR) is 134 cm³/mol. The van der Waals surface area contributed by atoms with E-state index in [0.29, 0.717) is 43.7 Å². The highest BCUT2D eigenvalue weighted by Crippen LogP contribution is 2.38. The van der Waals surface area contributed by atoms with Gasteiger partial charge < -0.3 is 20.7 Å². The summed E-state index contributed by atoms with van der Waals surface area (Å²) in [5.74, 6) is -2.14. The molecule has 0 spiro atoms. The molecule has 1 saturated carbocycles. The second-order valence-electron chi connectivity index (χ2n) is 9.43. The summed E-state index contributed by atoms with van der Waals surface area (Å²) in [6, 6.07) is 5.96. The van der Waals surface area contributed by atoms with Gasteiger partial charge in [-0.1, -0.05) is 12.1 Å². The summed E-state index contributed by atoms with van der Waals surface area (Å²) < 4.78 is 98.0. The summed E-state index contributed by atoms with van der Waals surface area (Å²) in [6.07, 6.45) is -6.81. The molecule has 40 heavy (non-hydrogen) atoms. The maximum Gasteiger partial charge on any atom is 0.416 e. The Balaban J connectivity index is 1.86. The minimum Gasteiger partial charge on any atom is -0.383 e. The summed E-state index contributed by atoms with van der Waals surface area (Å²) in [5.41, 5.74) is -4.99. The van der Waals surface area contributed by atoms with Crippen molar-refractivity contribution in [1.82, 2.24) is 10.6 Å². The Bertz CT molecular complexity index is 1170. The number of ether oxygens (including phenoxy) is 1. The van der Waals surface area contributed by atoms with Crippen molar-refractivity contribution >= 4 is 23.6 Å². The number of halogens is 7. The number of rotatable bonds is 9. The Morgan fingerprint density at radius 1 is 0.975 bits per heavy atom. The number of carbonyl (C=O) groups excluding carboxylic acids is 2. The average molecular weight is 576 g/mol. The fourth-order valence-electron chi connectivity index (χ4n) is 4.39. The van der Waals surface area contributed by atoms with Gasteiger partial charge in [-0.25, -0.2) is 4.39 Å². The van der Waals surface area contributed by atoms with E-state index in [9.17, 15) is 40.3 Å². The third-order valence-electron chi connectivity index (χ3n) is 6.52. The van der Waals surface area contributed by atoms with E-state index in [1.165, 1.54) is 37.5 Å². The van der Waals surface area contributed by atoms with E-state index >= 15 is 0 Å². The normalized spacial score (nSPS) is 19.9. The number of alkyl halides is 6. The van der Waals surface area contributed by atoms with E-state index in [4.69, 9.17) is 4.74 Å². The van der Waals surface area contributed by atoms with Gasteiger partial charge in [0, 0.05) is 31.5 Å². The zero-order valence-corrected chi connectivity index (χ0v) is 21.4. The maximum absolute atomic E-state index is 13.4. The number of amides is 2. The lowest BCUT2D eigenvalue weighted by Gasteiger charge is -2.39. The van der Waals surface area contributed by atoms with Crippen LogP contribution in [0.3, 0.4) is 0 Å². The van der Waals surface area contributed by atoms with Crippen LogP contribution in [-0.4, -0.2) is 43.7 Å². The van der Waals surface area contributed by atoms with Crippen molar-refractivity contribution in [3.05, 3.63) is 71.0 Å². The van der Waals surface area contributed by atoms with E-state index in [-0.39, 0.29) is 24.9 Å². The van der Waals surface area contributed by atoms with E-state index in [1.54, 1.807) is 0 Å². The summed E-state index contributed by atoms with van der Waals surface area (Å²) in [7, 11) is 1.53. The maximum atomic E-state index is 13.4. The Morgan fingerprint density at radius 3 is 2.08 bits per heavy atom. The van der Waals surface area contributed by atoms with Crippen LogP contribution >= 0.6 is 0 Å². The van der Waals surface area contributed by atoms with E-state index in [1.807, 2.05) is 0 Å². The molecule has 2 amide bonds. The van der Waals surface area contributed by atoms with Crippen molar-refractivity contribution in [2.24, 2.45) is 0 Å². The topological polar surface area (TPSA) is 79.5 Å². The number of anilines is 1. The van der Waals surface area contributed by atoms with Crippen molar-refractivity contribution in [1.29, 1.82) is 0 Å². The van der Waals surface area contributed by atoms with E-state index in [0.717, 1.165) is 6.08 Å². The first-order chi connectivity index (χ1) is 18.7. The van der Waals surface area contributed by atoms with Gasteiger partial charge in [-0.2, -0.15) is 26.3 Å². The largest absolute Gasteiger partial charge is 0.416 e. The summed E-state index contributed by atoms with van der Waals surface area (Å²) >= 11 is 0. The standard InChI is InChI=1S/C27H28F7N3O3/c1-40-13-12-35-21-8-10-25(11-9-21,37-23(38)7-4-17-2-5-20(28)6-3-17)24(39)36-22-15-18(26(29,30)31)14-19(16-22)27(32,33)34/h2-7,14-16,21,35H,8-13H2,1H3,(H,36,39)(H,37,38)/b7-4+. The van der Waals surface area contributed by atoms with Crippen LogP contribution in [0.5, 0.6) is 0 Å². The van der Waals surface area contributed by atoms with Crippen LogP contribution in [0, 0.1) is 5.82 Å². The minimum atomic E-state index is -5.09. The van der Waals surface area contributed by atoms with Gasteiger partial charge >= 0.3 is 12.4 Å². The molecule has 218 valence electrons. The molecule has 0 unspecified atom stereocenters. The van der Waals surface area contributed by atoms with Gasteiger partial charge in [0.2, 0.25) is 11.8 Å². The molecule has 13 heteroatoms. The molecule has 0 aromatic heterocycles. The van der Waals surface area contributed by atoms with Crippen LogP contribution in [0.1, 0.15) is 42.4 Å². The molecule has 1 aliphatic carbocycles. The molecule has 0 atom stereocenters. The lowest BCUT2D eigenvalue weighted by atomic mass is 9.78. The number of nitrogens with one attached hydrogen (secondary N) is 3. The second kappa shape index (κ2) is 12.8. The lowest BCUT2D eigenvalue weighted by Crippen LogP contribution is -2.59. The first-order valence-electron chi connectivity index (χ1n) is 12.3. The highest BCUT2D eigenvalue weighted by Gasteiger charge is 2.43. The zero-order chi connectivity index (χ0) is 29.6. The van der Waals surface area contributed by atoms with Crippen LogP contribution in [0.25, 0.3) is 6.08 Å². The quantitative estimate of drug-likeness (QED) is 0.208. The Labute approximate surface area is 226 Å². The van der Waals surface area contributed by atoms with Crippen molar-refractivity contribution < 1.29 is 45.1 Å². The monoisotopic (exact) mass is 575 g/mol. The first kappa shape index (κ1) is 31.1. The fourth-order valence-corrected chi connectivity index (χ4v) is 4.39. The predicted octanol–water partition coefficient (Wildman–Crippen LogP) is 5.55. The van der Waals surface area contributed by atoms with Crippen LogP contribution < -0.4 is 16.0 Å². The molecule has 2 aromatic rings. The van der Waals surface area contributed by atoms with Crippen LogP contribution in [0.4, 0.5) is 36.4 Å². The smallest absolute Gasteiger partial charge is 0.383 e. The lowest BCUT2D eigenvalue weighted by molar-refractivity contribution is -0.143. The van der Waals surface area contributed by atoms with Crippen molar-refractivity contribution in [3.63, 3.8) is 0 Å². The molecule has 1 fully saturated rings. The van der Waals surface area contributed by atoms with Crippen LogP contribution in [0.15, 0.2) is 48.5 Å². The minimum absolute atomic E-state index is 0.0374. The van der Waals surface area contributed by atoms with Crippen molar-refractivity contribution in [2.45, 2.75) is 49.6 Å².